The minimum absolute atomic E-state index is 0.00110. The van der Waals surface area contributed by atoms with Crippen molar-refractivity contribution in [1.29, 1.82) is 0 Å². The number of carbonyl (C=O) groups excluding carboxylic acids is 2. The summed E-state index contributed by atoms with van der Waals surface area (Å²) in [6.07, 6.45) is 1.30. The highest BCUT2D eigenvalue weighted by molar-refractivity contribution is 8.00. The van der Waals surface area contributed by atoms with Crippen molar-refractivity contribution in [2.45, 2.75) is 75.6 Å². The minimum atomic E-state index is -4.60. The molecule has 1 N–H and O–H groups in total. The van der Waals surface area contributed by atoms with Crippen LogP contribution in [-0.4, -0.2) is 40.3 Å². The highest BCUT2D eigenvalue weighted by Crippen LogP contribution is 2.34. The third-order valence-corrected chi connectivity index (χ3v) is 6.85. The molecule has 162 valence electrons. The number of ether oxygens (including phenoxy) is 1. The number of oxazole rings is 1. The van der Waals surface area contributed by atoms with Gasteiger partial charge in [0.2, 0.25) is 5.78 Å². The topological polar surface area (TPSA) is 81.4 Å². The molecule has 1 aromatic rings. The number of halogens is 3. The Bertz CT molecular complexity index is 725. The van der Waals surface area contributed by atoms with Crippen LogP contribution in [0.25, 0.3) is 0 Å². The van der Waals surface area contributed by atoms with Crippen LogP contribution in [0.4, 0.5) is 13.2 Å². The molecule has 2 fully saturated rings. The molecule has 2 heterocycles. The Morgan fingerprint density at radius 3 is 2.86 bits per heavy atom. The fourth-order valence-corrected chi connectivity index (χ4v) is 5.23. The van der Waals surface area contributed by atoms with Crippen LogP contribution in [0.3, 0.4) is 0 Å². The summed E-state index contributed by atoms with van der Waals surface area (Å²) in [6.45, 7) is 1.45. The molecule has 0 bridgehead atoms. The van der Waals surface area contributed by atoms with Gasteiger partial charge in [0.15, 0.2) is 6.29 Å². The average Bonchev–Trinajstić information content (AvgIpc) is 3.30. The lowest BCUT2D eigenvalue weighted by atomic mass is 9.83. The number of hydrogen-bond donors (Lipinski definition) is 1. The van der Waals surface area contributed by atoms with Gasteiger partial charge in [-0.3, -0.25) is 14.9 Å². The van der Waals surface area contributed by atoms with Gasteiger partial charge in [0.1, 0.15) is 11.5 Å². The number of aryl methyl sites for hydroxylation is 1. The standard InChI is InChI=1S/C19H25F3N2O4S/c1-11-14(24-18(28-11)19(20,21)22)9-27-13-4-2-3-12(7-13)5-6-16-17(15(26)8-25)23-10-29-16/h8,12-13,16-17,23H,2-7,9-10H2,1H3. The molecule has 0 spiro atoms. The molecule has 4 unspecified atom stereocenters. The fraction of sp³-hybridized carbons (Fsp3) is 0.737. The molecule has 4 atom stereocenters. The van der Waals surface area contributed by atoms with Gasteiger partial charge in [-0.15, -0.1) is 11.8 Å². The second-order valence-corrected chi connectivity index (χ2v) is 8.84. The molecular formula is C19H25F3N2O4S. The molecule has 1 aliphatic heterocycles. The van der Waals surface area contributed by atoms with Crippen LogP contribution in [0, 0.1) is 12.8 Å². The normalized spacial score (nSPS) is 27.9. The lowest BCUT2D eigenvalue weighted by Gasteiger charge is -2.30. The van der Waals surface area contributed by atoms with E-state index in [1.165, 1.54) is 6.92 Å². The molecule has 1 aromatic heterocycles. The highest BCUT2D eigenvalue weighted by atomic mass is 32.2. The monoisotopic (exact) mass is 434 g/mol. The molecule has 1 saturated heterocycles. The molecule has 1 aliphatic carbocycles. The first-order valence-electron chi connectivity index (χ1n) is 9.77. The Balaban J connectivity index is 1.47. The van der Waals surface area contributed by atoms with E-state index in [2.05, 4.69) is 10.3 Å². The summed E-state index contributed by atoms with van der Waals surface area (Å²) in [5.41, 5.74) is 0.183. The van der Waals surface area contributed by atoms with Crippen molar-refractivity contribution in [1.82, 2.24) is 10.3 Å². The predicted molar refractivity (Wildman–Crippen MR) is 100 cm³/mol. The molecule has 1 saturated carbocycles. The maximum absolute atomic E-state index is 12.7. The predicted octanol–water partition coefficient (Wildman–Crippen LogP) is 3.66. The number of aldehydes is 1. The van der Waals surface area contributed by atoms with Crippen LogP contribution in [0.5, 0.6) is 0 Å². The number of Topliss-reactive ketones (excluding diaryl/α,β-unsaturated/α-hetero) is 1. The lowest BCUT2D eigenvalue weighted by molar-refractivity contribution is -0.157. The molecule has 0 aromatic carbocycles. The number of nitrogens with zero attached hydrogens (tertiary/aromatic N) is 1. The van der Waals surface area contributed by atoms with Crippen LogP contribution >= 0.6 is 11.8 Å². The van der Waals surface area contributed by atoms with Crippen molar-refractivity contribution in [2.24, 2.45) is 5.92 Å². The van der Waals surface area contributed by atoms with Crippen molar-refractivity contribution >= 4 is 23.8 Å². The largest absolute Gasteiger partial charge is 0.468 e. The highest BCUT2D eigenvalue weighted by Gasteiger charge is 2.38. The van der Waals surface area contributed by atoms with Crippen molar-refractivity contribution in [3.05, 3.63) is 17.3 Å². The summed E-state index contributed by atoms with van der Waals surface area (Å²) < 4.78 is 48.6. The molecule has 29 heavy (non-hydrogen) atoms. The van der Waals surface area contributed by atoms with E-state index in [1.807, 2.05) is 0 Å². The van der Waals surface area contributed by atoms with E-state index in [4.69, 9.17) is 9.15 Å². The molecule has 10 heteroatoms. The molecule has 6 nitrogen and oxygen atoms in total. The molecule has 0 radical (unpaired) electrons. The quantitative estimate of drug-likeness (QED) is 0.494. The summed E-state index contributed by atoms with van der Waals surface area (Å²) in [4.78, 5) is 26.0. The zero-order chi connectivity index (χ0) is 21.0. The zero-order valence-corrected chi connectivity index (χ0v) is 17.0. The number of rotatable bonds is 8. The summed E-state index contributed by atoms with van der Waals surface area (Å²) in [5.74, 6) is -0.405. The third kappa shape index (κ3) is 5.82. The van der Waals surface area contributed by atoms with Crippen LogP contribution in [0.15, 0.2) is 4.42 Å². The first kappa shape index (κ1) is 22.3. The second-order valence-electron chi connectivity index (χ2n) is 7.61. The van der Waals surface area contributed by atoms with E-state index >= 15 is 0 Å². The van der Waals surface area contributed by atoms with Crippen molar-refractivity contribution in [3.63, 3.8) is 0 Å². The first-order valence-corrected chi connectivity index (χ1v) is 10.8. The summed E-state index contributed by atoms with van der Waals surface area (Å²) in [5, 5.41) is 3.18. The van der Waals surface area contributed by atoms with Crippen molar-refractivity contribution in [2.75, 3.05) is 5.88 Å². The number of hydrogen-bond acceptors (Lipinski definition) is 7. The van der Waals surface area contributed by atoms with Crippen LogP contribution in [0.2, 0.25) is 0 Å². The smallest absolute Gasteiger partial charge is 0.438 e. The molecular weight excluding hydrogens is 409 g/mol. The van der Waals surface area contributed by atoms with Gasteiger partial charge < -0.3 is 9.15 Å². The number of aromatic nitrogens is 1. The summed E-state index contributed by atoms with van der Waals surface area (Å²) in [6, 6.07) is -0.397. The maximum Gasteiger partial charge on any atom is 0.468 e. The number of alkyl halides is 3. The lowest BCUT2D eigenvalue weighted by Crippen LogP contribution is -2.39. The Labute approximate surface area is 171 Å². The Morgan fingerprint density at radius 1 is 1.38 bits per heavy atom. The number of carbonyl (C=O) groups is 2. The summed E-state index contributed by atoms with van der Waals surface area (Å²) in [7, 11) is 0. The van der Waals surface area contributed by atoms with E-state index in [0.29, 0.717) is 18.1 Å². The van der Waals surface area contributed by atoms with Crippen molar-refractivity contribution < 1.29 is 31.9 Å². The van der Waals surface area contributed by atoms with Gasteiger partial charge in [-0.1, -0.05) is 12.8 Å². The fourth-order valence-electron chi connectivity index (χ4n) is 4.01. The Hall–Kier alpha value is -1.39. The average molecular weight is 434 g/mol. The number of nitrogens with one attached hydrogen (secondary N) is 1. The third-order valence-electron chi connectivity index (χ3n) is 5.58. The SMILES string of the molecule is Cc1oc(C(F)(F)F)nc1COC1CCCC(CCC2SCNC2C(=O)C=O)C1. The number of ketones is 1. The van der Waals surface area contributed by atoms with E-state index in [9.17, 15) is 22.8 Å². The van der Waals surface area contributed by atoms with Gasteiger partial charge in [-0.05, 0) is 38.5 Å². The van der Waals surface area contributed by atoms with E-state index in [1.54, 1.807) is 11.8 Å². The van der Waals surface area contributed by atoms with Gasteiger partial charge in [0, 0.05) is 11.1 Å². The van der Waals surface area contributed by atoms with Gasteiger partial charge in [0.25, 0.3) is 0 Å². The maximum atomic E-state index is 12.7. The van der Waals surface area contributed by atoms with Gasteiger partial charge in [0.05, 0.1) is 18.8 Å². The van der Waals surface area contributed by atoms with Gasteiger partial charge in [-0.2, -0.15) is 13.2 Å². The summed E-state index contributed by atoms with van der Waals surface area (Å²) >= 11 is 1.66. The van der Waals surface area contributed by atoms with Crippen LogP contribution < -0.4 is 5.32 Å². The van der Waals surface area contributed by atoms with Crippen LogP contribution in [-0.2, 0) is 27.1 Å². The Kier molecular flexibility index (Phi) is 7.39. The van der Waals surface area contributed by atoms with E-state index < -0.39 is 23.9 Å². The van der Waals surface area contributed by atoms with Crippen LogP contribution in [0.1, 0.15) is 55.9 Å². The zero-order valence-electron chi connectivity index (χ0n) is 16.2. The van der Waals surface area contributed by atoms with E-state index in [0.717, 1.165) is 38.5 Å². The van der Waals surface area contributed by atoms with Gasteiger partial charge in [-0.25, -0.2) is 4.98 Å². The van der Waals surface area contributed by atoms with Gasteiger partial charge >= 0.3 is 12.1 Å². The molecule has 2 aliphatic rings. The van der Waals surface area contributed by atoms with Crippen molar-refractivity contribution in [3.8, 4) is 0 Å². The first-order chi connectivity index (χ1) is 13.8. The Morgan fingerprint density at radius 2 is 2.17 bits per heavy atom. The molecule has 0 amide bonds. The number of thioether (sulfide) groups is 1. The molecule has 3 rings (SSSR count). The van der Waals surface area contributed by atoms with E-state index in [-0.39, 0.29) is 29.4 Å². The minimum Gasteiger partial charge on any atom is -0.438 e. The second kappa shape index (κ2) is 9.61.